The summed E-state index contributed by atoms with van der Waals surface area (Å²) in [5.74, 6) is 0.460. The molecule has 0 aliphatic carbocycles. The Hall–Kier alpha value is -3.35. The van der Waals surface area contributed by atoms with Gasteiger partial charge in [-0.05, 0) is 49.2 Å². The molecule has 144 valence electrons. The zero-order valence-electron chi connectivity index (χ0n) is 16.1. The van der Waals surface area contributed by atoms with Crippen LogP contribution in [0.1, 0.15) is 17.0 Å². The summed E-state index contributed by atoms with van der Waals surface area (Å²) in [5.41, 5.74) is 4.75. The Labute approximate surface area is 160 Å². The summed E-state index contributed by atoms with van der Waals surface area (Å²) in [7, 11) is 3.15. The SMILES string of the molecule is COc1ccc(Cn2c(=O)n(C)c3cc(-c4c(C)noc4C)ccc32)cc1F. The van der Waals surface area contributed by atoms with Crippen molar-refractivity contribution in [3.05, 3.63) is 69.7 Å². The highest BCUT2D eigenvalue weighted by atomic mass is 19.1. The molecule has 0 bridgehead atoms. The van der Waals surface area contributed by atoms with Crippen molar-refractivity contribution in [1.29, 1.82) is 0 Å². The number of ether oxygens (including phenoxy) is 1. The van der Waals surface area contributed by atoms with Crippen LogP contribution in [-0.2, 0) is 13.6 Å². The number of hydrogen-bond acceptors (Lipinski definition) is 4. The van der Waals surface area contributed by atoms with Crippen molar-refractivity contribution < 1.29 is 13.7 Å². The highest BCUT2D eigenvalue weighted by molar-refractivity contribution is 5.83. The lowest BCUT2D eigenvalue weighted by Crippen LogP contribution is -2.22. The molecule has 0 aliphatic rings. The van der Waals surface area contributed by atoms with Gasteiger partial charge in [-0.1, -0.05) is 17.3 Å². The third kappa shape index (κ3) is 2.79. The van der Waals surface area contributed by atoms with Crippen molar-refractivity contribution in [2.75, 3.05) is 7.11 Å². The Morgan fingerprint density at radius 3 is 2.57 bits per heavy atom. The molecular weight excluding hydrogens is 361 g/mol. The quantitative estimate of drug-likeness (QED) is 0.539. The largest absolute Gasteiger partial charge is 0.494 e. The Kier molecular flexibility index (Phi) is 4.30. The molecule has 0 saturated heterocycles. The van der Waals surface area contributed by atoms with Crippen LogP contribution < -0.4 is 10.4 Å². The molecule has 6 nitrogen and oxygen atoms in total. The van der Waals surface area contributed by atoms with E-state index < -0.39 is 5.82 Å². The Bertz CT molecular complexity index is 1230. The normalized spacial score (nSPS) is 11.3. The lowest BCUT2D eigenvalue weighted by atomic mass is 10.0. The minimum atomic E-state index is -0.450. The van der Waals surface area contributed by atoms with Crippen LogP contribution in [0.15, 0.2) is 45.7 Å². The van der Waals surface area contributed by atoms with E-state index >= 15 is 0 Å². The molecule has 4 aromatic rings. The minimum Gasteiger partial charge on any atom is -0.494 e. The zero-order valence-corrected chi connectivity index (χ0v) is 16.1. The van der Waals surface area contributed by atoms with Crippen molar-refractivity contribution in [1.82, 2.24) is 14.3 Å². The molecular formula is C21H20FN3O3. The third-order valence-electron chi connectivity index (χ3n) is 5.02. The van der Waals surface area contributed by atoms with Gasteiger partial charge in [0.25, 0.3) is 0 Å². The molecule has 0 radical (unpaired) electrons. The van der Waals surface area contributed by atoms with E-state index in [1.54, 1.807) is 28.3 Å². The Morgan fingerprint density at radius 1 is 1.14 bits per heavy atom. The van der Waals surface area contributed by atoms with E-state index in [9.17, 15) is 9.18 Å². The first-order valence-electron chi connectivity index (χ1n) is 8.85. The van der Waals surface area contributed by atoms with Gasteiger partial charge in [0.05, 0.1) is 30.4 Å². The summed E-state index contributed by atoms with van der Waals surface area (Å²) in [5, 5.41) is 4.00. The fourth-order valence-electron chi connectivity index (χ4n) is 3.60. The lowest BCUT2D eigenvalue weighted by molar-refractivity contribution is 0.386. The van der Waals surface area contributed by atoms with Crippen LogP contribution in [0.5, 0.6) is 5.75 Å². The van der Waals surface area contributed by atoms with Gasteiger partial charge >= 0.3 is 5.69 Å². The number of fused-ring (bicyclic) bond motifs is 1. The standard InChI is InChI=1S/C21H20FN3O3/c1-12-20(13(2)28-23-12)15-6-7-17-18(10-15)24(3)21(26)25(17)11-14-5-8-19(27-4)16(22)9-14/h5-10H,11H2,1-4H3. The first-order valence-corrected chi connectivity index (χ1v) is 8.85. The number of imidazole rings is 1. The van der Waals surface area contributed by atoms with Crippen LogP contribution in [0.25, 0.3) is 22.2 Å². The molecule has 0 amide bonds. The number of methoxy groups -OCH3 is 1. The molecule has 2 aromatic heterocycles. The number of hydrogen-bond donors (Lipinski definition) is 0. The van der Waals surface area contributed by atoms with Crippen molar-refractivity contribution in [3.63, 3.8) is 0 Å². The lowest BCUT2D eigenvalue weighted by Gasteiger charge is -2.07. The van der Waals surface area contributed by atoms with Crippen LogP contribution >= 0.6 is 0 Å². The second-order valence-electron chi connectivity index (χ2n) is 6.80. The van der Waals surface area contributed by atoms with Gasteiger partial charge < -0.3 is 9.26 Å². The van der Waals surface area contributed by atoms with Crippen LogP contribution in [0.3, 0.4) is 0 Å². The van der Waals surface area contributed by atoms with Crippen LogP contribution in [-0.4, -0.2) is 21.4 Å². The van der Waals surface area contributed by atoms with Crippen LogP contribution in [0.2, 0.25) is 0 Å². The molecule has 4 rings (SSSR count). The summed E-state index contributed by atoms with van der Waals surface area (Å²) in [6.07, 6.45) is 0. The summed E-state index contributed by atoms with van der Waals surface area (Å²) < 4.78 is 27.5. The molecule has 7 heteroatoms. The molecule has 0 N–H and O–H groups in total. The Balaban J connectivity index is 1.81. The second kappa shape index (κ2) is 6.67. The predicted octanol–water partition coefficient (Wildman–Crippen LogP) is 3.81. The molecule has 0 unspecified atom stereocenters. The second-order valence-corrected chi connectivity index (χ2v) is 6.80. The predicted molar refractivity (Wildman–Crippen MR) is 104 cm³/mol. The van der Waals surface area contributed by atoms with E-state index in [4.69, 9.17) is 9.26 Å². The molecule has 0 fully saturated rings. The molecule has 0 atom stereocenters. The van der Waals surface area contributed by atoms with E-state index in [2.05, 4.69) is 5.16 Å². The number of benzene rings is 2. The molecule has 2 heterocycles. The topological polar surface area (TPSA) is 62.2 Å². The number of aromatic nitrogens is 3. The maximum absolute atomic E-state index is 14.0. The summed E-state index contributed by atoms with van der Waals surface area (Å²) in [6, 6.07) is 10.5. The number of halogens is 1. The van der Waals surface area contributed by atoms with E-state index in [1.807, 2.05) is 32.0 Å². The van der Waals surface area contributed by atoms with Crippen molar-refractivity contribution in [2.45, 2.75) is 20.4 Å². The first-order chi connectivity index (χ1) is 13.4. The highest BCUT2D eigenvalue weighted by Crippen LogP contribution is 2.29. The van der Waals surface area contributed by atoms with E-state index in [-0.39, 0.29) is 18.0 Å². The van der Waals surface area contributed by atoms with Gasteiger partial charge in [-0.25, -0.2) is 9.18 Å². The van der Waals surface area contributed by atoms with Gasteiger partial charge in [0.15, 0.2) is 11.6 Å². The summed E-state index contributed by atoms with van der Waals surface area (Å²) >= 11 is 0. The number of aryl methyl sites for hydroxylation is 3. The average Bonchev–Trinajstić information content (AvgIpc) is 3.13. The van der Waals surface area contributed by atoms with Gasteiger partial charge in [-0.3, -0.25) is 9.13 Å². The van der Waals surface area contributed by atoms with Gasteiger partial charge in [0.1, 0.15) is 5.76 Å². The fraction of sp³-hybridized carbons (Fsp3) is 0.238. The van der Waals surface area contributed by atoms with Gasteiger partial charge in [-0.2, -0.15) is 0 Å². The fourth-order valence-corrected chi connectivity index (χ4v) is 3.60. The van der Waals surface area contributed by atoms with Crippen LogP contribution in [0.4, 0.5) is 4.39 Å². The average molecular weight is 381 g/mol. The summed E-state index contributed by atoms with van der Waals surface area (Å²) in [4.78, 5) is 12.8. The van der Waals surface area contributed by atoms with Crippen molar-refractivity contribution >= 4 is 11.0 Å². The molecule has 28 heavy (non-hydrogen) atoms. The minimum absolute atomic E-state index is 0.165. The number of nitrogens with zero attached hydrogens (tertiary/aromatic N) is 3. The summed E-state index contributed by atoms with van der Waals surface area (Å²) in [6.45, 7) is 4.02. The van der Waals surface area contributed by atoms with Crippen molar-refractivity contribution in [3.8, 4) is 16.9 Å². The van der Waals surface area contributed by atoms with E-state index in [0.717, 1.165) is 33.6 Å². The Morgan fingerprint density at radius 2 is 1.93 bits per heavy atom. The molecule has 2 aromatic carbocycles. The maximum Gasteiger partial charge on any atom is 0.329 e. The van der Waals surface area contributed by atoms with Gasteiger partial charge in [-0.15, -0.1) is 0 Å². The first kappa shape index (κ1) is 18.0. The van der Waals surface area contributed by atoms with E-state index in [1.165, 1.54) is 13.2 Å². The van der Waals surface area contributed by atoms with Crippen LogP contribution in [0, 0.1) is 19.7 Å². The number of rotatable bonds is 4. The highest BCUT2D eigenvalue weighted by Gasteiger charge is 2.16. The smallest absolute Gasteiger partial charge is 0.329 e. The van der Waals surface area contributed by atoms with Gasteiger partial charge in [0.2, 0.25) is 0 Å². The third-order valence-corrected chi connectivity index (χ3v) is 5.02. The molecule has 0 saturated carbocycles. The molecule has 0 aliphatic heterocycles. The monoisotopic (exact) mass is 381 g/mol. The van der Waals surface area contributed by atoms with E-state index in [0.29, 0.717) is 5.56 Å². The van der Waals surface area contributed by atoms with Crippen molar-refractivity contribution in [2.24, 2.45) is 7.05 Å². The molecule has 0 spiro atoms. The van der Waals surface area contributed by atoms with Gasteiger partial charge in [0, 0.05) is 12.6 Å². The maximum atomic E-state index is 14.0. The zero-order chi connectivity index (χ0) is 20.0.